The van der Waals surface area contributed by atoms with Gasteiger partial charge in [-0.25, -0.2) is 10.5 Å². The van der Waals surface area contributed by atoms with Gasteiger partial charge in [0, 0.05) is 0 Å². The number of aryl methyl sites for hydroxylation is 1. The summed E-state index contributed by atoms with van der Waals surface area (Å²) in [5, 5.41) is 0. The number of rotatable bonds is 3. The number of aromatic nitrogens is 1. The van der Waals surface area contributed by atoms with Gasteiger partial charge in [0.1, 0.15) is 5.75 Å². The molecule has 0 aliphatic heterocycles. The van der Waals surface area contributed by atoms with Crippen LogP contribution in [0.15, 0.2) is 12.3 Å². The highest BCUT2D eigenvalue weighted by Gasteiger charge is 2.11. The molecule has 4 heteroatoms. The number of nitrogens with one attached hydrogen (secondary N) is 1. The molecule has 0 bridgehead atoms. The molecule has 0 amide bonds. The van der Waals surface area contributed by atoms with Crippen LogP contribution in [0.3, 0.4) is 0 Å². The molecule has 1 heterocycles. The fourth-order valence-electron chi connectivity index (χ4n) is 0.969. The molecule has 0 aromatic carbocycles. The Morgan fingerprint density at radius 2 is 2.00 bits per heavy atom. The topological polar surface area (TPSA) is 43.4 Å². The molecule has 0 saturated carbocycles. The van der Waals surface area contributed by atoms with Crippen molar-refractivity contribution in [2.24, 2.45) is 0 Å². The van der Waals surface area contributed by atoms with E-state index in [0.29, 0.717) is 5.82 Å². The van der Waals surface area contributed by atoms with E-state index in [4.69, 9.17) is 9.57 Å². The predicted molar refractivity (Wildman–Crippen MR) is 60.0 cm³/mol. The summed E-state index contributed by atoms with van der Waals surface area (Å²) in [5.74, 6) is 1.46. The maximum atomic E-state index is 5.42. The van der Waals surface area contributed by atoms with Crippen LogP contribution in [0, 0.1) is 6.92 Å². The second kappa shape index (κ2) is 4.49. The normalized spacial score (nSPS) is 11.3. The molecule has 1 N–H and O–H groups in total. The molecule has 0 radical (unpaired) electrons. The highest BCUT2D eigenvalue weighted by atomic mass is 16.7. The Labute approximate surface area is 90.6 Å². The molecule has 1 rings (SSSR count). The smallest absolute Gasteiger partial charge is 0.152 e. The van der Waals surface area contributed by atoms with Crippen molar-refractivity contribution in [1.82, 2.24) is 4.98 Å². The van der Waals surface area contributed by atoms with Crippen LogP contribution < -0.4 is 10.2 Å². The van der Waals surface area contributed by atoms with Crippen LogP contribution in [0.5, 0.6) is 5.75 Å². The number of methoxy groups -OCH3 is 1. The summed E-state index contributed by atoms with van der Waals surface area (Å²) < 4.78 is 5.06. The summed E-state index contributed by atoms with van der Waals surface area (Å²) in [6.45, 7) is 7.86. The van der Waals surface area contributed by atoms with Crippen LogP contribution in [-0.4, -0.2) is 17.7 Å². The Balaban J connectivity index is 2.70. The lowest BCUT2D eigenvalue weighted by atomic mass is 10.2. The van der Waals surface area contributed by atoms with Crippen molar-refractivity contribution in [2.45, 2.75) is 33.3 Å². The molecule has 15 heavy (non-hydrogen) atoms. The van der Waals surface area contributed by atoms with Gasteiger partial charge in [-0.3, -0.25) is 4.84 Å². The van der Waals surface area contributed by atoms with Crippen molar-refractivity contribution < 1.29 is 9.57 Å². The summed E-state index contributed by atoms with van der Waals surface area (Å²) >= 11 is 0. The van der Waals surface area contributed by atoms with E-state index in [2.05, 4.69) is 10.5 Å². The van der Waals surface area contributed by atoms with Crippen LogP contribution in [-0.2, 0) is 4.84 Å². The zero-order chi connectivity index (χ0) is 11.5. The fraction of sp³-hybridized carbons (Fsp3) is 0.545. The van der Waals surface area contributed by atoms with Gasteiger partial charge >= 0.3 is 0 Å². The Morgan fingerprint density at radius 1 is 1.33 bits per heavy atom. The molecule has 1 aromatic rings. The molecule has 0 atom stereocenters. The Bertz CT molecular complexity index is 332. The van der Waals surface area contributed by atoms with Gasteiger partial charge in [-0.2, -0.15) is 0 Å². The van der Waals surface area contributed by atoms with Crippen LogP contribution in [0.25, 0.3) is 0 Å². The SMILES string of the molecule is COc1cnc(NOC(C)(C)C)c(C)c1. The van der Waals surface area contributed by atoms with E-state index in [1.807, 2.05) is 33.8 Å². The average molecular weight is 210 g/mol. The van der Waals surface area contributed by atoms with E-state index in [-0.39, 0.29) is 5.60 Å². The minimum atomic E-state index is -0.242. The summed E-state index contributed by atoms with van der Waals surface area (Å²) in [5.41, 5.74) is 3.58. The van der Waals surface area contributed by atoms with E-state index in [0.717, 1.165) is 11.3 Å². The van der Waals surface area contributed by atoms with Crippen molar-refractivity contribution >= 4 is 5.82 Å². The molecular weight excluding hydrogens is 192 g/mol. The molecule has 0 aliphatic carbocycles. The van der Waals surface area contributed by atoms with Crippen molar-refractivity contribution in [2.75, 3.05) is 12.6 Å². The van der Waals surface area contributed by atoms with Gasteiger partial charge in [-0.15, -0.1) is 0 Å². The number of hydrogen-bond acceptors (Lipinski definition) is 4. The van der Waals surface area contributed by atoms with E-state index < -0.39 is 0 Å². The molecule has 1 aromatic heterocycles. The first-order valence-electron chi connectivity index (χ1n) is 4.87. The van der Waals surface area contributed by atoms with Gasteiger partial charge in [0.25, 0.3) is 0 Å². The van der Waals surface area contributed by atoms with Crippen molar-refractivity contribution in [3.8, 4) is 5.75 Å². The largest absolute Gasteiger partial charge is 0.495 e. The third-order valence-electron chi connectivity index (χ3n) is 1.74. The van der Waals surface area contributed by atoms with E-state index in [9.17, 15) is 0 Å². The van der Waals surface area contributed by atoms with Crippen LogP contribution in [0.2, 0.25) is 0 Å². The van der Waals surface area contributed by atoms with Crippen molar-refractivity contribution in [3.05, 3.63) is 17.8 Å². The number of hydrogen-bond donors (Lipinski definition) is 1. The third-order valence-corrected chi connectivity index (χ3v) is 1.74. The van der Waals surface area contributed by atoms with Gasteiger partial charge < -0.3 is 4.74 Å². The molecule has 0 aliphatic rings. The average Bonchev–Trinajstić information content (AvgIpc) is 2.14. The molecule has 4 nitrogen and oxygen atoms in total. The molecule has 0 saturated heterocycles. The van der Waals surface area contributed by atoms with Crippen LogP contribution in [0.1, 0.15) is 26.3 Å². The van der Waals surface area contributed by atoms with E-state index in [1.54, 1.807) is 13.3 Å². The molecular formula is C11H18N2O2. The summed E-state index contributed by atoms with van der Waals surface area (Å²) in [7, 11) is 1.62. The third kappa shape index (κ3) is 3.75. The second-order valence-corrected chi connectivity index (χ2v) is 4.36. The van der Waals surface area contributed by atoms with Gasteiger partial charge in [0.05, 0.1) is 18.9 Å². The van der Waals surface area contributed by atoms with E-state index in [1.165, 1.54) is 0 Å². The first-order valence-corrected chi connectivity index (χ1v) is 4.87. The van der Waals surface area contributed by atoms with Crippen LogP contribution >= 0.6 is 0 Å². The van der Waals surface area contributed by atoms with Crippen LogP contribution in [0.4, 0.5) is 5.82 Å². The van der Waals surface area contributed by atoms with Crippen molar-refractivity contribution in [1.29, 1.82) is 0 Å². The molecule has 0 spiro atoms. The van der Waals surface area contributed by atoms with Gasteiger partial charge in [-0.1, -0.05) is 0 Å². The van der Waals surface area contributed by atoms with Crippen molar-refractivity contribution in [3.63, 3.8) is 0 Å². The zero-order valence-electron chi connectivity index (χ0n) is 9.92. The monoisotopic (exact) mass is 210 g/mol. The molecule has 0 unspecified atom stereocenters. The maximum Gasteiger partial charge on any atom is 0.152 e. The predicted octanol–water partition coefficient (Wildman–Crippen LogP) is 2.54. The number of pyridine rings is 1. The van der Waals surface area contributed by atoms with Gasteiger partial charge in [-0.05, 0) is 39.3 Å². The lowest BCUT2D eigenvalue weighted by Crippen LogP contribution is -2.23. The number of ether oxygens (including phenoxy) is 1. The summed E-state index contributed by atoms with van der Waals surface area (Å²) in [6, 6.07) is 1.90. The first kappa shape index (κ1) is 11.8. The Morgan fingerprint density at radius 3 is 2.47 bits per heavy atom. The first-order chi connectivity index (χ1) is 6.92. The minimum absolute atomic E-state index is 0.242. The van der Waals surface area contributed by atoms with E-state index >= 15 is 0 Å². The maximum absolute atomic E-state index is 5.42. The number of anilines is 1. The highest BCUT2D eigenvalue weighted by Crippen LogP contribution is 2.19. The molecule has 84 valence electrons. The summed E-state index contributed by atoms with van der Waals surface area (Å²) in [4.78, 5) is 9.61. The van der Waals surface area contributed by atoms with Gasteiger partial charge in [0.15, 0.2) is 5.82 Å². The standard InChI is InChI=1S/C11H18N2O2/c1-8-6-9(14-5)7-12-10(8)13-15-11(2,3)4/h6-7H,1-5H3,(H,12,13). The lowest BCUT2D eigenvalue weighted by Gasteiger charge is -2.20. The number of nitrogens with zero attached hydrogens (tertiary/aromatic N) is 1. The Kier molecular flexibility index (Phi) is 3.52. The summed E-state index contributed by atoms with van der Waals surface area (Å²) in [6.07, 6.45) is 1.65. The minimum Gasteiger partial charge on any atom is -0.495 e. The zero-order valence-corrected chi connectivity index (χ0v) is 9.92. The Hall–Kier alpha value is -1.29. The molecule has 0 fully saturated rings. The fourth-order valence-corrected chi connectivity index (χ4v) is 0.969. The highest BCUT2D eigenvalue weighted by molar-refractivity contribution is 5.44. The quantitative estimate of drug-likeness (QED) is 0.778. The lowest BCUT2D eigenvalue weighted by molar-refractivity contribution is 0.0366. The second-order valence-electron chi connectivity index (χ2n) is 4.36. The van der Waals surface area contributed by atoms with Gasteiger partial charge in [0.2, 0.25) is 0 Å².